The number of terminal acetylenes is 1. The van der Waals surface area contributed by atoms with Gasteiger partial charge in [0.15, 0.2) is 0 Å². The summed E-state index contributed by atoms with van der Waals surface area (Å²) in [4.78, 5) is 11.5. The van der Waals surface area contributed by atoms with Gasteiger partial charge in [-0.05, 0) is 33.6 Å². The number of hydrogen-bond acceptors (Lipinski definition) is 3. The molecule has 0 amide bonds. The number of carbonyl (C=O) groups is 1. The highest BCUT2D eigenvalue weighted by Gasteiger charge is 2.24. The van der Waals surface area contributed by atoms with Crippen LogP contribution in [-0.4, -0.2) is 24.3 Å². The summed E-state index contributed by atoms with van der Waals surface area (Å²) in [7, 11) is 0. The largest absolute Gasteiger partial charge is 0.460 e. The molecule has 0 spiro atoms. The van der Waals surface area contributed by atoms with E-state index in [0.29, 0.717) is 13.0 Å². The van der Waals surface area contributed by atoms with E-state index in [2.05, 4.69) is 5.92 Å². The molecule has 0 bridgehead atoms. The minimum atomic E-state index is -0.427. The van der Waals surface area contributed by atoms with Crippen LogP contribution in [0, 0.1) is 18.3 Å². The van der Waals surface area contributed by atoms with E-state index in [1.165, 1.54) is 6.42 Å². The first-order valence-electron chi connectivity index (χ1n) is 6.72. The third kappa shape index (κ3) is 5.55. The molecule has 1 fully saturated rings. The molecule has 0 aromatic heterocycles. The van der Waals surface area contributed by atoms with Crippen molar-refractivity contribution in [1.82, 2.24) is 0 Å². The molecule has 0 aromatic carbocycles. The van der Waals surface area contributed by atoms with Crippen molar-refractivity contribution in [1.29, 1.82) is 0 Å². The van der Waals surface area contributed by atoms with Gasteiger partial charge in [-0.25, -0.2) is 0 Å². The van der Waals surface area contributed by atoms with Crippen molar-refractivity contribution in [3.63, 3.8) is 0 Å². The van der Waals surface area contributed by atoms with Crippen molar-refractivity contribution in [2.45, 2.75) is 64.6 Å². The normalized spacial score (nSPS) is 24.3. The summed E-state index contributed by atoms with van der Waals surface area (Å²) in [5.41, 5.74) is -0.427. The Labute approximate surface area is 110 Å². The zero-order chi connectivity index (χ0) is 13.6. The van der Waals surface area contributed by atoms with E-state index in [-0.39, 0.29) is 18.0 Å². The van der Waals surface area contributed by atoms with E-state index in [4.69, 9.17) is 15.9 Å². The van der Waals surface area contributed by atoms with Crippen molar-refractivity contribution >= 4 is 5.97 Å². The Morgan fingerprint density at radius 2 is 2.00 bits per heavy atom. The third-order valence-corrected chi connectivity index (χ3v) is 2.97. The summed E-state index contributed by atoms with van der Waals surface area (Å²) in [6.45, 7) is 5.99. The topological polar surface area (TPSA) is 35.5 Å². The fourth-order valence-electron chi connectivity index (χ4n) is 2.17. The van der Waals surface area contributed by atoms with Crippen molar-refractivity contribution in [2.24, 2.45) is 5.92 Å². The summed E-state index contributed by atoms with van der Waals surface area (Å²) in [6.07, 6.45) is 10.3. The second kappa shape index (κ2) is 6.80. The first-order chi connectivity index (χ1) is 8.42. The molecule has 0 N–H and O–H groups in total. The molecule has 0 saturated heterocycles. The molecule has 0 aromatic rings. The monoisotopic (exact) mass is 252 g/mol. The molecular formula is C15H24O3. The maximum absolute atomic E-state index is 11.5. The Balaban J connectivity index is 2.24. The van der Waals surface area contributed by atoms with Gasteiger partial charge in [-0.3, -0.25) is 4.79 Å². The van der Waals surface area contributed by atoms with E-state index < -0.39 is 5.60 Å². The van der Waals surface area contributed by atoms with Crippen LogP contribution in [0.25, 0.3) is 0 Å². The van der Waals surface area contributed by atoms with Gasteiger partial charge in [-0.2, -0.15) is 0 Å². The number of rotatable bonds is 4. The molecule has 3 nitrogen and oxygen atoms in total. The Morgan fingerprint density at radius 3 is 2.61 bits per heavy atom. The first kappa shape index (κ1) is 15.0. The van der Waals surface area contributed by atoms with Crippen LogP contribution in [0.1, 0.15) is 52.9 Å². The molecule has 102 valence electrons. The van der Waals surface area contributed by atoms with E-state index >= 15 is 0 Å². The molecule has 3 heteroatoms. The maximum Gasteiger partial charge on any atom is 0.308 e. The Kier molecular flexibility index (Phi) is 5.68. The van der Waals surface area contributed by atoms with Gasteiger partial charge in [-0.1, -0.05) is 12.8 Å². The second-order valence-electron chi connectivity index (χ2n) is 5.80. The lowest BCUT2D eigenvalue weighted by atomic mass is 9.87. The number of ether oxygens (including phenoxy) is 2. The van der Waals surface area contributed by atoms with Crippen LogP contribution >= 0.6 is 0 Å². The molecular weight excluding hydrogens is 228 g/mol. The molecule has 2 atom stereocenters. The molecule has 1 rings (SSSR count). The fraction of sp³-hybridized carbons (Fsp3) is 0.800. The molecule has 1 aliphatic carbocycles. The average Bonchev–Trinajstić information content (AvgIpc) is 2.27. The lowest BCUT2D eigenvalue weighted by Crippen LogP contribution is -2.29. The van der Waals surface area contributed by atoms with Gasteiger partial charge in [-0.15, -0.1) is 12.3 Å². The van der Waals surface area contributed by atoms with E-state index in [0.717, 1.165) is 19.3 Å². The van der Waals surface area contributed by atoms with Gasteiger partial charge in [0.1, 0.15) is 5.60 Å². The second-order valence-corrected chi connectivity index (χ2v) is 5.80. The fourth-order valence-corrected chi connectivity index (χ4v) is 2.17. The summed E-state index contributed by atoms with van der Waals surface area (Å²) >= 11 is 0. The maximum atomic E-state index is 11.5. The molecule has 1 saturated carbocycles. The molecule has 1 aliphatic rings. The van der Waals surface area contributed by atoms with Crippen LogP contribution in [-0.2, 0) is 14.3 Å². The molecule has 2 unspecified atom stereocenters. The highest BCUT2D eigenvalue weighted by atomic mass is 16.6. The zero-order valence-corrected chi connectivity index (χ0v) is 11.7. The van der Waals surface area contributed by atoms with Gasteiger partial charge in [0.25, 0.3) is 0 Å². The smallest absolute Gasteiger partial charge is 0.308 e. The third-order valence-electron chi connectivity index (χ3n) is 2.97. The van der Waals surface area contributed by atoms with Crippen molar-refractivity contribution < 1.29 is 14.3 Å². The minimum Gasteiger partial charge on any atom is -0.460 e. The van der Waals surface area contributed by atoms with Crippen LogP contribution in [0.3, 0.4) is 0 Å². The van der Waals surface area contributed by atoms with E-state index in [1.807, 2.05) is 20.8 Å². The van der Waals surface area contributed by atoms with Gasteiger partial charge in [0, 0.05) is 5.92 Å². The molecule has 0 aliphatic heterocycles. The molecule has 18 heavy (non-hydrogen) atoms. The van der Waals surface area contributed by atoms with Crippen molar-refractivity contribution in [2.75, 3.05) is 6.61 Å². The minimum absolute atomic E-state index is 0.117. The van der Waals surface area contributed by atoms with Gasteiger partial charge in [0.05, 0.1) is 19.1 Å². The SMILES string of the molecule is C#CC1CCCCC1OCCC(=O)OC(C)(C)C. The van der Waals surface area contributed by atoms with Crippen LogP contribution in [0.15, 0.2) is 0 Å². The summed E-state index contributed by atoms with van der Waals surface area (Å²) in [5, 5.41) is 0. The van der Waals surface area contributed by atoms with Gasteiger partial charge < -0.3 is 9.47 Å². The van der Waals surface area contributed by atoms with Crippen molar-refractivity contribution in [3.8, 4) is 12.3 Å². The van der Waals surface area contributed by atoms with Crippen LogP contribution < -0.4 is 0 Å². The number of hydrogen-bond donors (Lipinski definition) is 0. The molecule has 0 heterocycles. The highest BCUT2D eigenvalue weighted by Crippen LogP contribution is 2.26. The molecule has 0 radical (unpaired) electrons. The van der Waals surface area contributed by atoms with Gasteiger partial charge >= 0.3 is 5.97 Å². The Hall–Kier alpha value is -1.01. The first-order valence-corrected chi connectivity index (χ1v) is 6.72. The number of carbonyl (C=O) groups excluding carboxylic acids is 1. The summed E-state index contributed by atoms with van der Waals surface area (Å²) in [5.74, 6) is 2.78. The standard InChI is InChI=1S/C15H24O3/c1-5-12-8-6-7-9-13(12)17-11-10-14(16)18-15(2,3)4/h1,12-13H,6-11H2,2-4H3. The predicted octanol–water partition coefficient (Wildman–Crippen LogP) is 2.93. The van der Waals surface area contributed by atoms with Crippen molar-refractivity contribution in [3.05, 3.63) is 0 Å². The lowest BCUT2D eigenvalue weighted by molar-refractivity contribution is -0.156. The lowest BCUT2D eigenvalue weighted by Gasteiger charge is -2.28. The number of esters is 1. The van der Waals surface area contributed by atoms with Crippen LogP contribution in [0.5, 0.6) is 0 Å². The summed E-state index contributed by atoms with van der Waals surface area (Å²) in [6, 6.07) is 0. The van der Waals surface area contributed by atoms with Gasteiger partial charge in [0.2, 0.25) is 0 Å². The Morgan fingerprint density at radius 1 is 1.33 bits per heavy atom. The average molecular weight is 252 g/mol. The van der Waals surface area contributed by atoms with Crippen LogP contribution in [0.4, 0.5) is 0 Å². The predicted molar refractivity (Wildman–Crippen MR) is 71.0 cm³/mol. The highest BCUT2D eigenvalue weighted by molar-refractivity contribution is 5.69. The van der Waals surface area contributed by atoms with E-state index in [9.17, 15) is 4.79 Å². The van der Waals surface area contributed by atoms with E-state index in [1.54, 1.807) is 0 Å². The quantitative estimate of drug-likeness (QED) is 0.570. The summed E-state index contributed by atoms with van der Waals surface area (Å²) < 4.78 is 10.9. The zero-order valence-electron chi connectivity index (χ0n) is 11.7. The Bertz CT molecular complexity index is 309. The van der Waals surface area contributed by atoms with Crippen LogP contribution in [0.2, 0.25) is 0 Å².